The van der Waals surface area contributed by atoms with Gasteiger partial charge in [-0.3, -0.25) is 4.79 Å². The summed E-state index contributed by atoms with van der Waals surface area (Å²) in [6, 6.07) is 14.9. The van der Waals surface area contributed by atoms with Crippen molar-refractivity contribution in [2.75, 3.05) is 18.5 Å². The van der Waals surface area contributed by atoms with Gasteiger partial charge in [-0.15, -0.1) is 0 Å². The van der Waals surface area contributed by atoms with Crippen LogP contribution in [0.4, 0.5) is 5.69 Å². The van der Waals surface area contributed by atoms with E-state index in [2.05, 4.69) is 11.9 Å². The summed E-state index contributed by atoms with van der Waals surface area (Å²) in [5, 5.41) is 2.81. The maximum Gasteiger partial charge on any atom is 0.262 e. The largest absolute Gasteiger partial charge is 0.487 e. The molecule has 0 heterocycles. The zero-order valence-electron chi connectivity index (χ0n) is 13.5. The third kappa shape index (κ3) is 5.18. The SMILES string of the molecule is C=C(C)COc1ccccc1NC(=O)COc1ccccc1C. The molecule has 0 aliphatic carbocycles. The van der Waals surface area contributed by atoms with E-state index >= 15 is 0 Å². The Morgan fingerprint density at radius 2 is 1.61 bits per heavy atom. The molecule has 2 aromatic carbocycles. The van der Waals surface area contributed by atoms with Crippen LogP contribution < -0.4 is 14.8 Å². The molecular formula is C19H21NO3. The minimum absolute atomic E-state index is 0.0559. The Hall–Kier alpha value is -2.75. The van der Waals surface area contributed by atoms with Crippen LogP contribution in [0.1, 0.15) is 12.5 Å². The number of para-hydroxylation sites is 3. The van der Waals surface area contributed by atoms with Gasteiger partial charge in [-0.25, -0.2) is 0 Å². The number of nitrogens with one attached hydrogen (secondary N) is 1. The van der Waals surface area contributed by atoms with Crippen molar-refractivity contribution in [3.63, 3.8) is 0 Å². The van der Waals surface area contributed by atoms with Crippen LogP contribution in [-0.2, 0) is 4.79 Å². The first-order valence-corrected chi connectivity index (χ1v) is 7.41. The zero-order chi connectivity index (χ0) is 16.7. The summed E-state index contributed by atoms with van der Waals surface area (Å²) in [6.07, 6.45) is 0. The number of aryl methyl sites for hydroxylation is 1. The minimum atomic E-state index is -0.236. The number of hydrogen-bond donors (Lipinski definition) is 1. The lowest BCUT2D eigenvalue weighted by Gasteiger charge is -2.13. The summed E-state index contributed by atoms with van der Waals surface area (Å²) >= 11 is 0. The highest BCUT2D eigenvalue weighted by Crippen LogP contribution is 2.24. The van der Waals surface area contributed by atoms with Gasteiger partial charge in [0, 0.05) is 0 Å². The summed E-state index contributed by atoms with van der Waals surface area (Å²) in [7, 11) is 0. The Labute approximate surface area is 136 Å². The molecule has 2 aromatic rings. The lowest BCUT2D eigenvalue weighted by atomic mass is 10.2. The average molecular weight is 311 g/mol. The zero-order valence-corrected chi connectivity index (χ0v) is 13.5. The molecule has 0 aliphatic heterocycles. The highest BCUT2D eigenvalue weighted by atomic mass is 16.5. The number of anilines is 1. The van der Waals surface area contributed by atoms with Crippen molar-refractivity contribution in [2.45, 2.75) is 13.8 Å². The Morgan fingerprint density at radius 3 is 2.30 bits per heavy atom. The van der Waals surface area contributed by atoms with E-state index in [0.717, 1.165) is 11.1 Å². The van der Waals surface area contributed by atoms with E-state index in [-0.39, 0.29) is 12.5 Å². The normalized spacial score (nSPS) is 10.0. The number of amides is 1. The van der Waals surface area contributed by atoms with Gasteiger partial charge in [0.2, 0.25) is 0 Å². The molecule has 4 nitrogen and oxygen atoms in total. The summed E-state index contributed by atoms with van der Waals surface area (Å²) < 4.78 is 11.2. The number of carbonyl (C=O) groups excluding carboxylic acids is 1. The van der Waals surface area contributed by atoms with Crippen molar-refractivity contribution < 1.29 is 14.3 Å². The second-order valence-corrected chi connectivity index (χ2v) is 5.34. The van der Waals surface area contributed by atoms with E-state index in [1.165, 1.54) is 0 Å². The number of carbonyl (C=O) groups is 1. The third-order valence-electron chi connectivity index (χ3n) is 3.09. The van der Waals surface area contributed by atoms with E-state index in [4.69, 9.17) is 9.47 Å². The van der Waals surface area contributed by atoms with Crippen LogP contribution >= 0.6 is 0 Å². The van der Waals surface area contributed by atoms with E-state index in [9.17, 15) is 4.79 Å². The molecule has 0 fully saturated rings. The molecule has 0 aliphatic rings. The van der Waals surface area contributed by atoms with Gasteiger partial charge in [-0.2, -0.15) is 0 Å². The van der Waals surface area contributed by atoms with Crippen LogP contribution in [0.2, 0.25) is 0 Å². The summed E-state index contributed by atoms with van der Waals surface area (Å²) in [5.74, 6) is 1.08. The molecule has 0 saturated heterocycles. The van der Waals surface area contributed by atoms with Crippen molar-refractivity contribution in [3.8, 4) is 11.5 Å². The molecule has 0 aromatic heterocycles. The lowest BCUT2D eigenvalue weighted by molar-refractivity contribution is -0.118. The first kappa shape index (κ1) is 16.6. The maximum absolute atomic E-state index is 12.1. The molecule has 1 amide bonds. The van der Waals surface area contributed by atoms with Gasteiger partial charge < -0.3 is 14.8 Å². The second kappa shape index (κ2) is 8.03. The Balaban J connectivity index is 1.95. The summed E-state index contributed by atoms with van der Waals surface area (Å²) in [5.41, 5.74) is 2.52. The molecule has 0 saturated carbocycles. The lowest BCUT2D eigenvalue weighted by Crippen LogP contribution is -2.20. The predicted octanol–water partition coefficient (Wildman–Crippen LogP) is 3.97. The van der Waals surface area contributed by atoms with Crippen molar-refractivity contribution in [2.24, 2.45) is 0 Å². The first-order valence-electron chi connectivity index (χ1n) is 7.41. The monoisotopic (exact) mass is 311 g/mol. The van der Waals surface area contributed by atoms with Gasteiger partial charge in [0.1, 0.15) is 18.1 Å². The van der Waals surface area contributed by atoms with Gasteiger partial charge in [0.15, 0.2) is 6.61 Å². The van der Waals surface area contributed by atoms with Crippen LogP contribution in [0.3, 0.4) is 0 Å². The highest BCUT2D eigenvalue weighted by Gasteiger charge is 2.09. The van der Waals surface area contributed by atoms with Gasteiger partial charge in [0.25, 0.3) is 5.91 Å². The smallest absolute Gasteiger partial charge is 0.262 e. The van der Waals surface area contributed by atoms with Gasteiger partial charge >= 0.3 is 0 Å². The fourth-order valence-electron chi connectivity index (χ4n) is 1.94. The van der Waals surface area contributed by atoms with E-state index in [1.54, 1.807) is 12.1 Å². The van der Waals surface area contributed by atoms with Crippen LogP contribution in [0.15, 0.2) is 60.7 Å². The fourth-order valence-corrected chi connectivity index (χ4v) is 1.94. The number of rotatable bonds is 7. The van der Waals surface area contributed by atoms with Crippen molar-refractivity contribution in [3.05, 3.63) is 66.2 Å². The van der Waals surface area contributed by atoms with Crippen LogP contribution in [0.5, 0.6) is 11.5 Å². The van der Waals surface area contributed by atoms with Crippen LogP contribution in [0, 0.1) is 6.92 Å². The highest BCUT2D eigenvalue weighted by molar-refractivity contribution is 5.93. The molecule has 120 valence electrons. The number of benzene rings is 2. The molecule has 0 bridgehead atoms. The van der Waals surface area contributed by atoms with E-state index < -0.39 is 0 Å². The first-order chi connectivity index (χ1) is 11.1. The Bertz CT molecular complexity index is 695. The molecule has 23 heavy (non-hydrogen) atoms. The summed E-state index contributed by atoms with van der Waals surface area (Å²) in [6.45, 7) is 7.98. The Kier molecular flexibility index (Phi) is 5.80. The molecule has 1 N–H and O–H groups in total. The van der Waals surface area contributed by atoms with Crippen LogP contribution in [0.25, 0.3) is 0 Å². The molecule has 0 radical (unpaired) electrons. The number of hydrogen-bond acceptors (Lipinski definition) is 3. The topological polar surface area (TPSA) is 47.6 Å². The van der Waals surface area contributed by atoms with E-state index in [1.807, 2.05) is 50.2 Å². The molecular weight excluding hydrogens is 290 g/mol. The number of ether oxygens (including phenoxy) is 2. The van der Waals surface area contributed by atoms with Crippen molar-refractivity contribution in [1.82, 2.24) is 0 Å². The standard InChI is InChI=1S/C19H21NO3/c1-14(2)12-22-18-11-7-5-9-16(18)20-19(21)13-23-17-10-6-4-8-15(17)3/h4-11H,1,12-13H2,2-3H3,(H,20,21). The Morgan fingerprint density at radius 1 is 1.00 bits per heavy atom. The molecule has 0 unspecified atom stereocenters. The van der Waals surface area contributed by atoms with Gasteiger partial charge in [-0.1, -0.05) is 36.9 Å². The maximum atomic E-state index is 12.1. The molecule has 0 atom stereocenters. The van der Waals surface area contributed by atoms with Gasteiger partial charge in [0.05, 0.1) is 5.69 Å². The molecule has 4 heteroatoms. The van der Waals surface area contributed by atoms with E-state index in [0.29, 0.717) is 23.8 Å². The second-order valence-electron chi connectivity index (χ2n) is 5.34. The summed E-state index contributed by atoms with van der Waals surface area (Å²) in [4.78, 5) is 12.1. The van der Waals surface area contributed by atoms with Crippen molar-refractivity contribution in [1.29, 1.82) is 0 Å². The van der Waals surface area contributed by atoms with Gasteiger partial charge in [-0.05, 0) is 43.2 Å². The average Bonchev–Trinajstić information content (AvgIpc) is 2.53. The van der Waals surface area contributed by atoms with Crippen molar-refractivity contribution >= 4 is 11.6 Å². The molecule has 0 spiro atoms. The van der Waals surface area contributed by atoms with Crippen LogP contribution in [-0.4, -0.2) is 19.1 Å². The third-order valence-corrected chi connectivity index (χ3v) is 3.09. The quantitative estimate of drug-likeness (QED) is 0.787. The predicted molar refractivity (Wildman–Crippen MR) is 92.1 cm³/mol. The molecule has 2 rings (SSSR count). The minimum Gasteiger partial charge on any atom is -0.487 e. The fraction of sp³-hybridized carbons (Fsp3) is 0.211.